The van der Waals surface area contributed by atoms with Gasteiger partial charge in [0, 0.05) is 17.1 Å². The number of nitrogens with one attached hydrogen (secondary N) is 2. The molecule has 1 aliphatic heterocycles. The minimum absolute atomic E-state index is 0.161. The number of nitrogens with zero attached hydrogens (tertiary/aromatic N) is 1. The number of hydrogen-bond acceptors (Lipinski definition) is 7. The summed E-state index contributed by atoms with van der Waals surface area (Å²) in [5.41, 5.74) is 3.27. The van der Waals surface area contributed by atoms with Gasteiger partial charge in [-0.05, 0) is 36.2 Å². The summed E-state index contributed by atoms with van der Waals surface area (Å²) in [4.78, 5) is 14.4. The summed E-state index contributed by atoms with van der Waals surface area (Å²) >= 11 is 0. The van der Waals surface area contributed by atoms with Gasteiger partial charge in [-0.15, -0.1) is 0 Å². The van der Waals surface area contributed by atoms with Crippen LogP contribution in [-0.4, -0.2) is 72.7 Å². The summed E-state index contributed by atoms with van der Waals surface area (Å²) in [5, 5.41) is 47.1. The molecule has 0 radical (unpaired) electrons. The predicted molar refractivity (Wildman–Crippen MR) is 108 cm³/mol. The van der Waals surface area contributed by atoms with Crippen LogP contribution in [0.5, 0.6) is 0 Å². The van der Waals surface area contributed by atoms with E-state index in [2.05, 4.69) is 27.0 Å². The molecule has 9 heteroatoms. The Bertz CT molecular complexity index is 1190. The van der Waals surface area contributed by atoms with Gasteiger partial charge in [-0.25, -0.2) is 0 Å². The van der Waals surface area contributed by atoms with Crippen molar-refractivity contribution < 1.29 is 25.2 Å². The Hall–Kier alpha value is -3.00. The molecule has 5 atom stereocenters. The Morgan fingerprint density at radius 1 is 1.13 bits per heavy atom. The lowest BCUT2D eigenvalue weighted by atomic mass is 9.95. The number of fused-ring (bicyclic) bond motifs is 1. The molecule has 9 nitrogen and oxygen atoms in total. The summed E-state index contributed by atoms with van der Waals surface area (Å²) in [6.07, 6.45) is -3.21. The van der Waals surface area contributed by atoms with E-state index in [4.69, 9.17) is 4.74 Å². The normalized spacial score (nSPS) is 26.4. The van der Waals surface area contributed by atoms with Crippen LogP contribution in [0, 0.1) is 18.8 Å². The number of benzene rings is 1. The predicted octanol–water partition coefficient (Wildman–Crippen LogP) is -0.579. The number of aryl methyl sites for hydroxylation is 1. The highest BCUT2D eigenvalue weighted by Crippen LogP contribution is 2.26. The maximum absolute atomic E-state index is 11.7. The molecule has 0 saturated carbocycles. The van der Waals surface area contributed by atoms with E-state index in [1.54, 1.807) is 25.4 Å². The number of H-pyrrole nitrogens is 2. The van der Waals surface area contributed by atoms with Crippen LogP contribution < -0.4 is 5.56 Å². The molecule has 0 amide bonds. The van der Waals surface area contributed by atoms with E-state index in [1.165, 1.54) is 0 Å². The van der Waals surface area contributed by atoms with E-state index in [1.807, 2.05) is 12.1 Å². The number of rotatable bonds is 2. The molecule has 0 bridgehead atoms. The van der Waals surface area contributed by atoms with E-state index in [0.29, 0.717) is 16.6 Å². The molecule has 30 heavy (non-hydrogen) atoms. The van der Waals surface area contributed by atoms with Crippen molar-refractivity contribution in [3.63, 3.8) is 0 Å². The first-order chi connectivity index (χ1) is 14.4. The van der Waals surface area contributed by atoms with Crippen LogP contribution in [0.3, 0.4) is 0 Å². The third-order valence-electron chi connectivity index (χ3n) is 5.21. The lowest BCUT2D eigenvalue weighted by Crippen LogP contribution is -2.58. The number of aliphatic hydroxyl groups excluding tert-OH is 4. The van der Waals surface area contributed by atoms with E-state index in [0.717, 1.165) is 16.5 Å². The molecule has 0 unspecified atom stereocenters. The Kier molecular flexibility index (Phi) is 5.42. The summed E-state index contributed by atoms with van der Waals surface area (Å²) in [7, 11) is 0. The van der Waals surface area contributed by atoms with Gasteiger partial charge in [-0.1, -0.05) is 11.8 Å². The van der Waals surface area contributed by atoms with Crippen molar-refractivity contribution in [1.29, 1.82) is 0 Å². The second kappa shape index (κ2) is 8.02. The second-order valence-corrected chi connectivity index (χ2v) is 7.28. The van der Waals surface area contributed by atoms with Gasteiger partial charge in [0.2, 0.25) is 0 Å². The van der Waals surface area contributed by atoms with Crippen molar-refractivity contribution in [2.75, 3.05) is 6.61 Å². The third-order valence-corrected chi connectivity index (χ3v) is 5.21. The van der Waals surface area contributed by atoms with Crippen molar-refractivity contribution in [3.05, 3.63) is 52.1 Å². The van der Waals surface area contributed by atoms with Crippen LogP contribution in [-0.2, 0) is 4.74 Å². The average Bonchev–Trinajstić information content (AvgIpc) is 3.22. The fraction of sp³-hybridized carbons (Fsp3) is 0.333. The molecule has 3 heterocycles. The molecular formula is C21H21N3O6. The molecular weight excluding hydrogens is 390 g/mol. The Balaban J connectivity index is 1.74. The van der Waals surface area contributed by atoms with E-state index < -0.39 is 37.1 Å². The van der Waals surface area contributed by atoms with Crippen LogP contribution >= 0.6 is 0 Å². The van der Waals surface area contributed by atoms with Crippen molar-refractivity contribution in [2.24, 2.45) is 0 Å². The van der Waals surface area contributed by atoms with Crippen LogP contribution in [0.25, 0.3) is 22.0 Å². The number of aliphatic hydroxyl groups is 4. The van der Waals surface area contributed by atoms with Gasteiger partial charge in [0.05, 0.1) is 23.9 Å². The molecule has 3 aromatic rings. The standard InChI is InChI=1S/C21H21N3O6/c1-10-4-13(7-22-21(10)29)12-5-11(17-14(6-12)8-23-24-17)2-3-15-18(26)20(28)19(27)16(9-25)30-15/h4-8,15-16,18-20,25-28H,9H2,1H3,(H,22,29)(H,23,24)/t15-,16-,18-,19-,20-/m1/s1. The summed E-state index contributed by atoms with van der Waals surface area (Å²) in [6, 6.07) is 5.49. The molecule has 0 aliphatic carbocycles. The number of hydrogen-bond donors (Lipinski definition) is 6. The quantitative estimate of drug-likeness (QED) is 0.309. The highest BCUT2D eigenvalue weighted by Gasteiger charge is 2.42. The van der Waals surface area contributed by atoms with Crippen LogP contribution in [0.1, 0.15) is 11.1 Å². The fourth-order valence-corrected chi connectivity index (χ4v) is 3.46. The van der Waals surface area contributed by atoms with Gasteiger partial charge in [-0.2, -0.15) is 5.10 Å². The molecule has 4 rings (SSSR count). The Morgan fingerprint density at radius 3 is 2.67 bits per heavy atom. The molecule has 1 saturated heterocycles. The van der Waals surface area contributed by atoms with Crippen LogP contribution in [0.2, 0.25) is 0 Å². The minimum Gasteiger partial charge on any atom is -0.394 e. The highest BCUT2D eigenvalue weighted by atomic mass is 16.5. The summed E-state index contributed by atoms with van der Waals surface area (Å²) in [6.45, 7) is 1.20. The highest BCUT2D eigenvalue weighted by molar-refractivity contribution is 5.89. The SMILES string of the molecule is Cc1cc(-c2cc(C#C[C@H]3O[C@H](CO)[C@@H](O)[C@H](O)[C@@H]3O)c3[nH]ncc3c2)c[nH]c1=O. The zero-order valence-corrected chi connectivity index (χ0v) is 16.0. The Morgan fingerprint density at radius 2 is 1.93 bits per heavy atom. The van der Waals surface area contributed by atoms with Crippen molar-refractivity contribution >= 4 is 10.9 Å². The number of pyridine rings is 1. The lowest BCUT2D eigenvalue weighted by Gasteiger charge is -2.37. The Labute approximate surface area is 171 Å². The molecule has 1 aromatic carbocycles. The van der Waals surface area contributed by atoms with Crippen molar-refractivity contribution in [1.82, 2.24) is 15.2 Å². The van der Waals surface area contributed by atoms with Gasteiger partial charge in [0.15, 0.2) is 0 Å². The third kappa shape index (κ3) is 3.63. The molecule has 1 aliphatic rings. The summed E-state index contributed by atoms with van der Waals surface area (Å²) in [5.74, 6) is 5.71. The van der Waals surface area contributed by atoms with Crippen molar-refractivity contribution in [2.45, 2.75) is 37.4 Å². The van der Waals surface area contributed by atoms with Gasteiger partial charge in [0.1, 0.15) is 30.5 Å². The van der Waals surface area contributed by atoms with E-state index >= 15 is 0 Å². The monoisotopic (exact) mass is 411 g/mol. The summed E-state index contributed by atoms with van der Waals surface area (Å²) < 4.78 is 5.44. The number of aromatic amines is 2. The molecule has 0 spiro atoms. The van der Waals surface area contributed by atoms with Gasteiger partial charge >= 0.3 is 0 Å². The first-order valence-electron chi connectivity index (χ1n) is 9.38. The van der Waals surface area contributed by atoms with Crippen LogP contribution in [0.4, 0.5) is 0 Å². The number of ether oxygens (including phenoxy) is 1. The zero-order valence-electron chi connectivity index (χ0n) is 16.0. The minimum atomic E-state index is -1.49. The van der Waals surface area contributed by atoms with Gasteiger partial charge in [-0.3, -0.25) is 9.89 Å². The average molecular weight is 411 g/mol. The van der Waals surface area contributed by atoms with Gasteiger partial charge < -0.3 is 30.1 Å². The maximum Gasteiger partial charge on any atom is 0.250 e. The molecule has 6 N–H and O–H groups in total. The zero-order chi connectivity index (χ0) is 21.4. The lowest BCUT2D eigenvalue weighted by molar-refractivity contribution is -0.214. The first-order valence-corrected chi connectivity index (χ1v) is 9.38. The topological polar surface area (TPSA) is 152 Å². The van der Waals surface area contributed by atoms with E-state index in [9.17, 15) is 25.2 Å². The largest absolute Gasteiger partial charge is 0.394 e. The first kappa shape index (κ1) is 20.3. The van der Waals surface area contributed by atoms with Crippen molar-refractivity contribution in [3.8, 4) is 23.0 Å². The molecule has 2 aromatic heterocycles. The molecule has 156 valence electrons. The van der Waals surface area contributed by atoms with Gasteiger partial charge in [0.25, 0.3) is 5.56 Å². The maximum atomic E-state index is 11.7. The smallest absolute Gasteiger partial charge is 0.250 e. The second-order valence-electron chi connectivity index (χ2n) is 7.28. The fourth-order valence-electron chi connectivity index (χ4n) is 3.46. The van der Waals surface area contributed by atoms with Crippen LogP contribution in [0.15, 0.2) is 35.4 Å². The number of aromatic nitrogens is 3. The van der Waals surface area contributed by atoms with E-state index in [-0.39, 0.29) is 5.56 Å². The molecule has 1 fully saturated rings.